The van der Waals surface area contributed by atoms with E-state index in [0.717, 1.165) is 9.36 Å². The molecule has 0 aliphatic rings. The van der Waals surface area contributed by atoms with Crippen LogP contribution in [-0.4, -0.2) is 35.0 Å². The lowest BCUT2D eigenvalue weighted by Gasteiger charge is -2.09. The fourth-order valence-corrected chi connectivity index (χ4v) is 2.13. The molecular weight excluding hydrogens is 306 g/mol. The monoisotopic (exact) mass is 317 g/mol. The van der Waals surface area contributed by atoms with Crippen molar-refractivity contribution in [2.45, 2.75) is 6.61 Å². The molecule has 3 aromatic heterocycles. The average molecular weight is 317 g/mol. The second kappa shape index (κ2) is 5.74. The van der Waals surface area contributed by atoms with Crippen LogP contribution in [0.15, 0.2) is 22.5 Å². The van der Waals surface area contributed by atoms with E-state index in [4.69, 9.17) is 12.5 Å². The topological polar surface area (TPSA) is 101 Å². The summed E-state index contributed by atoms with van der Waals surface area (Å²) in [4.78, 5) is 15.9. The molecule has 0 aliphatic heterocycles. The van der Waals surface area contributed by atoms with Crippen LogP contribution in [0.1, 0.15) is 12.6 Å². The second-order valence-corrected chi connectivity index (χ2v) is 4.85. The summed E-state index contributed by atoms with van der Waals surface area (Å²) in [5.41, 5.74) is 0.549. The van der Waals surface area contributed by atoms with Gasteiger partial charge in [0.05, 0.1) is 13.1 Å². The Morgan fingerprint density at radius 2 is 2.41 bits per heavy atom. The Morgan fingerprint density at radius 3 is 3.05 bits per heavy atom. The molecule has 110 valence electrons. The number of ether oxygens (including phenoxy) is 1. The summed E-state index contributed by atoms with van der Waals surface area (Å²) in [6.07, 6.45) is 6.90. The van der Waals surface area contributed by atoms with Gasteiger partial charge in [0, 0.05) is 18.6 Å². The molecule has 0 amide bonds. The summed E-state index contributed by atoms with van der Waals surface area (Å²) in [5.74, 6) is 2.40. The Hall–Kier alpha value is -3.06. The third-order valence-electron chi connectivity index (χ3n) is 2.73. The van der Waals surface area contributed by atoms with Gasteiger partial charge in [0.15, 0.2) is 0 Å². The van der Waals surface area contributed by atoms with Crippen molar-refractivity contribution in [1.82, 2.24) is 35.0 Å². The molecule has 0 atom stereocenters. The van der Waals surface area contributed by atoms with E-state index in [2.05, 4.69) is 31.5 Å². The number of tetrazole rings is 1. The van der Waals surface area contributed by atoms with E-state index in [0.29, 0.717) is 16.4 Å². The van der Waals surface area contributed by atoms with Gasteiger partial charge in [0.2, 0.25) is 0 Å². The molecule has 3 aromatic rings. The van der Waals surface area contributed by atoms with Gasteiger partial charge >= 0.3 is 5.69 Å². The minimum atomic E-state index is -0.454. The highest BCUT2D eigenvalue weighted by Gasteiger charge is 2.16. The summed E-state index contributed by atoms with van der Waals surface area (Å²) in [6, 6.07) is 0. The van der Waals surface area contributed by atoms with Crippen LogP contribution in [0.25, 0.3) is 5.69 Å². The lowest BCUT2D eigenvalue weighted by atomic mass is 10.2. The largest absolute Gasteiger partial charge is 0.465 e. The van der Waals surface area contributed by atoms with Crippen LogP contribution >= 0.6 is 11.3 Å². The van der Waals surface area contributed by atoms with Crippen molar-refractivity contribution in [2.24, 2.45) is 7.05 Å². The fourth-order valence-electron chi connectivity index (χ4n) is 1.69. The highest BCUT2D eigenvalue weighted by atomic mass is 32.1. The zero-order chi connectivity index (χ0) is 16.4. The van der Waals surface area contributed by atoms with Gasteiger partial charge in [-0.1, -0.05) is 11.3 Å². The molecule has 10 heteroatoms. The quantitative estimate of drug-likeness (QED) is 0.613. The van der Waals surface area contributed by atoms with Gasteiger partial charge in [-0.2, -0.15) is 14.5 Å². The van der Waals surface area contributed by atoms with Crippen molar-refractivity contribution in [2.75, 3.05) is 0 Å². The molecule has 0 N–H and O–H groups in total. The van der Waals surface area contributed by atoms with Crippen molar-refractivity contribution in [3.05, 3.63) is 39.5 Å². The lowest BCUT2D eigenvalue weighted by Crippen LogP contribution is -2.24. The van der Waals surface area contributed by atoms with E-state index in [1.807, 2.05) is 0 Å². The molecular formula is C12H9N7O2S. The van der Waals surface area contributed by atoms with Gasteiger partial charge in [-0.05, 0) is 16.3 Å². The van der Waals surface area contributed by atoms with Crippen LogP contribution in [0.2, 0.25) is 0 Å². The first-order chi connectivity index (χ1) is 11.1. The van der Waals surface area contributed by atoms with E-state index >= 15 is 0 Å². The van der Waals surface area contributed by atoms with Crippen molar-refractivity contribution < 1.29 is 6.11 Å². The number of aryl methyl sites for hydroxylation is 1. The first-order valence-corrected chi connectivity index (χ1v) is 6.83. The number of nitrogens with zero attached hydrogens (tertiary/aromatic N) is 7. The number of hydrogen-bond donors (Lipinski definition) is 0. The molecule has 22 heavy (non-hydrogen) atoms. The van der Waals surface area contributed by atoms with Crippen LogP contribution in [0.4, 0.5) is 0 Å². The van der Waals surface area contributed by atoms with E-state index in [-0.39, 0.29) is 18.5 Å². The predicted molar refractivity (Wildman–Crippen MR) is 76.6 cm³/mol. The minimum Gasteiger partial charge on any atom is -0.465 e. The maximum absolute atomic E-state index is 12.0. The average Bonchev–Trinajstić information content (AvgIpc) is 3.11. The summed E-state index contributed by atoms with van der Waals surface area (Å²) < 4.78 is 15.0. The normalized spacial score (nSPS) is 11.0. The van der Waals surface area contributed by atoms with Crippen LogP contribution in [0.3, 0.4) is 0 Å². The van der Waals surface area contributed by atoms with E-state index in [9.17, 15) is 4.79 Å². The smallest absolute Gasteiger partial charge is 0.368 e. The zero-order valence-electron chi connectivity index (χ0n) is 12.3. The third-order valence-corrected chi connectivity index (χ3v) is 3.36. The van der Waals surface area contributed by atoms with Crippen molar-refractivity contribution in [1.29, 1.82) is 0 Å². The Balaban J connectivity index is 2.02. The van der Waals surface area contributed by atoms with Gasteiger partial charge in [-0.3, -0.25) is 0 Å². The molecule has 0 spiro atoms. The predicted octanol–water partition coefficient (Wildman–Crippen LogP) is -0.227. The summed E-state index contributed by atoms with van der Waals surface area (Å²) in [5, 5.41) is 16.9. The number of thiazole rings is 1. The van der Waals surface area contributed by atoms with Crippen LogP contribution in [-0.2, 0) is 13.7 Å². The maximum Gasteiger partial charge on any atom is 0.368 e. The highest BCUT2D eigenvalue weighted by Crippen LogP contribution is 2.19. The molecule has 3 heterocycles. The molecule has 0 radical (unpaired) electrons. The Kier molecular flexibility index (Phi) is 3.31. The summed E-state index contributed by atoms with van der Waals surface area (Å²) in [6.45, 7) is 0.000351. The molecule has 3 rings (SSSR count). The Labute approximate surface area is 129 Å². The van der Waals surface area contributed by atoms with Gasteiger partial charge in [-0.15, -0.1) is 11.5 Å². The Morgan fingerprint density at radius 1 is 1.55 bits per heavy atom. The fraction of sp³-hybridized carbons (Fsp3) is 0.167. The number of terminal acetylenes is 1. The number of rotatable bonds is 4. The molecule has 0 fully saturated rings. The number of aromatic nitrogens is 7. The molecule has 0 aliphatic carbocycles. The van der Waals surface area contributed by atoms with E-state index in [1.165, 1.54) is 30.0 Å². The molecule has 0 aromatic carbocycles. The van der Waals surface area contributed by atoms with Crippen molar-refractivity contribution >= 4 is 11.3 Å². The van der Waals surface area contributed by atoms with Crippen molar-refractivity contribution in [3.8, 4) is 23.2 Å². The van der Waals surface area contributed by atoms with E-state index in [1.54, 1.807) is 0 Å². The van der Waals surface area contributed by atoms with Crippen molar-refractivity contribution in [3.63, 3.8) is 0 Å². The van der Waals surface area contributed by atoms with E-state index < -0.39 is 5.69 Å². The molecule has 9 nitrogen and oxygen atoms in total. The SMILES string of the molecule is [3H]c1csc(OCc2c(-n3nnn(C)c3=O)cnnc2C#C)n1. The molecule has 0 unspecified atom stereocenters. The zero-order valence-corrected chi connectivity index (χ0v) is 12.1. The van der Waals surface area contributed by atoms with Gasteiger partial charge in [0.1, 0.15) is 18.0 Å². The maximum atomic E-state index is 12.0. The van der Waals surface area contributed by atoms with Crippen LogP contribution in [0, 0.1) is 12.3 Å². The Bertz CT molecular complexity index is 955. The first-order valence-electron chi connectivity index (χ1n) is 6.45. The number of hydrogen-bond acceptors (Lipinski definition) is 8. The first kappa shape index (κ1) is 12.7. The second-order valence-electron chi connectivity index (χ2n) is 4.03. The van der Waals surface area contributed by atoms with Gasteiger partial charge in [0.25, 0.3) is 5.19 Å². The summed E-state index contributed by atoms with van der Waals surface area (Å²) >= 11 is 1.18. The van der Waals surface area contributed by atoms with Gasteiger partial charge in [-0.25, -0.2) is 9.78 Å². The minimum absolute atomic E-state index is 0.000351. The molecule has 0 saturated carbocycles. The molecule has 0 saturated heterocycles. The van der Waals surface area contributed by atoms with Crippen LogP contribution in [0.5, 0.6) is 5.19 Å². The lowest BCUT2D eigenvalue weighted by molar-refractivity contribution is 0.302. The van der Waals surface area contributed by atoms with Gasteiger partial charge < -0.3 is 4.74 Å². The highest BCUT2D eigenvalue weighted by molar-refractivity contribution is 7.11. The van der Waals surface area contributed by atoms with Crippen LogP contribution < -0.4 is 10.4 Å². The standard InChI is InChI=1S/C12H9N7O2S/c1-3-9-8(7-21-11-13-4-5-22-11)10(6-14-15-9)19-12(20)18(2)16-17-19/h1,4-6H,7H2,2H3/i4T. The molecule has 0 bridgehead atoms. The third kappa shape index (κ3) is 2.45. The summed E-state index contributed by atoms with van der Waals surface area (Å²) in [7, 11) is 1.48.